The summed E-state index contributed by atoms with van der Waals surface area (Å²) in [7, 11) is 0. The van der Waals surface area contributed by atoms with Crippen LogP contribution in [0.2, 0.25) is 0 Å². The molecule has 4 rings (SSSR count). The number of anilines is 1. The van der Waals surface area contributed by atoms with Crippen molar-refractivity contribution in [2.45, 2.75) is 18.9 Å². The van der Waals surface area contributed by atoms with Crippen LogP contribution < -0.4 is 5.32 Å². The molecule has 25 heavy (non-hydrogen) atoms. The van der Waals surface area contributed by atoms with Crippen molar-refractivity contribution in [3.05, 3.63) is 54.0 Å². The van der Waals surface area contributed by atoms with Crippen LogP contribution in [0.5, 0.6) is 0 Å². The predicted molar refractivity (Wildman–Crippen MR) is 93.4 cm³/mol. The van der Waals surface area contributed by atoms with E-state index in [1.807, 2.05) is 23.1 Å². The molecule has 130 valence electrons. The third kappa shape index (κ3) is 3.17. The summed E-state index contributed by atoms with van der Waals surface area (Å²) in [5, 5.41) is 3.05. The van der Waals surface area contributed by atoms with Crippen molar-refractivity contribution in [1.82, 2.24) is 9.80 Å². The van der Waals surface area contributed by atoms with Crippen molar-refractivity contribution in [3.63, 3.8) is 0 Å². The second-order valence-electron chi connectivity index (χ2n) is 6.54. The minimum atomic E-state index is -0.140. The highest BCUT2D eigenvalue weighted by atomic mass is 16.3. The van der Waals surface area contributed by atoms with Crippen LogP contribution in [0.15, 0.2) is 47.3 Å². The third-order valence-electron chi connectivity index (χ3n) is 5.08. The number of furan rings is 1. The van der Waals surface area contributed by atoms with Crippen LogP contribution in [0.1, 0.15) is 22.3 Å². The quantitative estimate of drug-likeness (QED) is 0.909. The molecule has 3 heterocycles. The molecule has 2 aliphatic rings. The normalized spacial score (nSPS) is 21.4. The molecule has 1 atom stereocenters. The smallest absolute Gasteiger partial charge is 0.257 e. The van der Waals surface area contributed by atoms with E-state index in [1.165, 1.54) is 18.1 Å². The largest absolute Gasteiger partial charge is 0.472 e. The number of rotatable bonds is 2. The van der Waals surface area contributed by atoms with Gasteiger partial charge >= 0.3 is 0 Å². The molecule has 1 saturated heterocycles. The van der Waals surface area contributed by atoms with Crippen LogP contribution in [-0.2, 0) is 11.2 Å². The second kappa shape index (κ2) is 6.72. The van der Waals surface area contributed by atoms with E-state index < -0.39 is 0 Å². The summed E-state index contributed by atoms with van der Waals surface area (Å²) in [5.41, 5.74) is 2.69. The van der Waals surface area contributed by atoms with Gasteiger partial charge in [0.25, 0.3) is 5.91 Å². The van der Waals surface area contributed by atoms with Crippen LogP contribution >= 0.6 is 0 Å². The first-order chi connectivity index (χ1) is 12.2. The molecule has 6 heteroatoms. The maximum absolute atomic E-state index is 12.6. The van der Waals surface area contributed by atoms with E-state index in [1.54, 1.807) is 6.07 Å². The number of fused-ring (bicyclic) bond motifs is 1. The highest BCUT2D eigenvalue weighted by molar-refractivity contribution is 5.96. The van der Waals surface area contributed by atoms with Crippen molar-refractivity contribution in [1.29, 1.82) is 0 Å². The lowest BCUT2D eigenvalue weighted by molar-refractivity contribution is -0.122. The first-order valence-electron chi connectivity index (χ1n) is 8.66. The number of hydrogen-bond donors (Lipinski definition) is 1. The highest BCUT2D eigenvalue weighted by Crippen LogP contribution is 2.24. The van der Waals surface area contributed by atoms with E-state index in [-0.39, 0.29) is 17.9 Å². The summed E-state index contributed by atoms with van der Waals surface area (Å²) in [6.07, 6.45) is 4.67. The molecular weight excluding hydrogens is 318 g/mol. The van der Waals surface area contributed by atoms with Crippen molar-refractivity contribution in [3.8, 4) is 0 Å². The molecule has 0 unspecified atom stereocenters. The Morgan fingerprint density at radius 2 is 1.92 bits per heavy atom. The molecule has 0 radical (unpaired) electrons. The summed E-state index contributed by atoms with van der Waals surface area (Å²) in [5.74, 6) is 0.0469. The van der Waals surface area contributed by atoms with E-state index >= 15 is 0 Å². The number of carbonyl (C=O) groups excluding carboxylic acids is 2. The van der Waals surface area contributed by atoms with Crippen LogP contribution in [0.3, 0.4) is 0 Å². The number of hydrogen-bond acceptors (Lipinski definition) is 4. The molecule has 0 spiro atoms. The molecule has 1 aromatic carbocycles. The summed E-state index contributed by atoms with van der Waals surface area (Å²) in [6, 6.07) is 9.52. The van der Waals surface area contributed by atoms with Gasteiger partial charge in [0.1, 0.15) is 6.26 Å². The Morgan fingerprint density at radius 1 is 1.12 bits per heavy atom. The lowest BCUT2D eigenvalue weighted by atomic mass is 10.0. The first-order valence-corrected chi connectivity index (χ1v) is 8.66. The minimum Gasteiger partial charge on any atom is -0.472 e. The Bertz CT molecular complexity index is 764. The number of para-hydroxylation sites is 1. The second-order valence-corrected chi connectivity index (χ2v) is 6.54. The van der Waals surface area contributed by atoms with Crippen LogP contribution in [0.25, 0.3) is 0 Å². The molecule has 0 bridgehead atoms. The van der Waals surface area contributed by atoms with Crippen molar-refractivity contribution < 1.29 is 14.0 Å². The number of aryl methyl sites for hydroxylation is 1. The molecule has 1 N–H and O–H groups in total. The number of nitrogens with zero attached hydrogens (tertiary/aromatic N) is 2. The van der Waals surface area contributed by atoms with Crippen LogP contribution in [-0.4, -0.2) is 53.8 Å². The van der Waals surface area contributed by atoms with Gasteiger partial charge in [0.15, 0.2) is 0 Å². The summed E-state index contributed by atoms with van der Waals surface area (Å²) in [4.78, 5) is 29.0. The zero-order valence-corrected chi connectivity index (χ0v) is 14.0. The zero-order chi connectivity index (χ0) is 17.2. The van der Waals surface area contributed by atoms with Crippen molar-refractivity contribution >= 4 is 17.5 Å². The summed E-state index contributed by atoms with van der Waals surface area (Å²) >= 11 is 0. The molecule has 1 aromatic heterocycles. The molecule has 1 fully saturated rings. The van der Waals surface area contributed by atoms with Crippen LogP contribution in [0.4, 0.5) is 5.69 Å². The number of piperazine rings is 1. The van der Waals surface area contributed by atoms with E-state index in [4.69, 9.17) is 4.42 Å². The topological polar surface area (TPSA) is 65.8 Å². The Balaban J connectivity index is 1.39. The zero-order valence-electron chi connectivity index (χ0n) is 14.0. The van der Waals surface area contributed by atoms with Gasteiger partial charge in [-0.15, -0.1) is 0 Å². The monoisotopic (exact) mass is 339 g/mol. The fraction of sp³-hybridized carbons (Fsp3) is 0.368. The lowest BCUT2D eigenvalue weighted by Crippen LogP contribution is -2.54. The number of nitrogens with one attached hydrogen (secondary N) is 1. The highest BCUT2D eigenvalue weighted by Gasteiger charge is 2.32. The van der Waals surface area contributed by atoms with Gasteiger partial charge in [-0.2, -0.15) is 0 Å². The summed E-state index contributed by atoms with van der Waals surface area (Å²) in [6.45, 7) is 2.66. The molecule has 0 aliphatic carbocycles. The summed E-state index contributed by atoms with van der Waals surface area (Å²) < 4.78 is 4.99. The molecule has 6 nitrogen and oxygen atoms in total. The Morgan fingerprint density at radius 3 is 2.68 bits per heavy atom. The number of carbonyl (C=O) groups is 2. The standard InChI is InChI=1S/C19H21N3O3/c23-18-17(6-5-14-3-1-2-4-16(14)20-18)21-8-10-22(11-9-21)19(24)15-7-12-25-13-15/h1-4,7,12-13,17H,5-6,8-11H2,(H,20,23)/t17-/m0/s1. The van der Waals surface area contributed by atoms with Gasteiger partial charge in [-0.1, -0.05) is 18.2 Å². The predicted octanol–water partition coefficient (Wildman–Crippen LogP) is 1.99. The van der Waals surface area contributed by atoms with Gasteiger partial charge in [0, 0.05) is 31.9 Å². The Hall–Kier alpha value is -2.60. The molecular formula is C19H21N3O3. The minimum absolute atomic E-state index is 0.00822. The Kier molecular flexibility index (Phi) is 4.28. The molecule has 2 aromatic rings. The fourth-order valence-electron chi connectivity index (χ4n) is 3.65. The maximum Gasteiger partial charge on any atom is 0.257 e. The average molecular weight is 339 g/mol. The third-order valence-corrected chi connectivity index (χ3v) is 5.08. The van der Waals surface area contributed by atoms with Gasteiger partial charge in [0.2, 0.25) is 5.91 Å². The van der Waals surface area contributed by atoms with Crippen LogP contribution in [0, 0.1) is 0 Å². The van der Waals surface area contributed by atoms with Crippen molar-refractivity contribution in [2.24, 2.45) is 0 Å². The maximum atomic E-state index is 12.6. The number of amides is 2. The van der Waals surface area contributed by atoms with Gasteiger partial charge in [-0.25, -0.2) is 0 Å². The SMILES string of the molecule is O=C1Nc2ccccc2CC[C@@H]1N1CCN(C(=O)c2ccoc2)CC1. The van der Waals surface area contributed by atoms with Crippen molar-refractivity contribution in [2.75, 3.05) is 31.5 Å². The number of benzene rings is 1. The van der Waals surface area contributed by atoms with E-state index in [0.29, 0.717) is 31.7 Å². The van der Waals surface area contributed by atoms with E-state index in [2.05, 4.69) is 16.3 Å². The Labute approximate surface area is 146 Å². The average Bonchev–Trinajstić information content (AvgIpc) is 3.12. The van der Waals surface area contributed by atoms with Gasteiger partial charge < -0.3 is 14.6 Å². The van der Waals surface area contributed by atoms with Gasteiger partial charge in [-0.05, 0) is 30.5 Å². The van der Waals surface area contributed by atoms with Gasteiger partial charge in [-0.3, -0.25) is 14.5 Å². The first kappa shape index (κ1) is 15.9. The molecule has 2 amide bonds. The lowest BCUT2D eigenvalue weighted by Gasteiger charge is -2.38. The van der Waals surface area contributed by atoms with E-state index in [9.17, 15) is 9.59 Å². The fourth-order valence-corrected chi connectivity index (χ4v) is 3.65. The van der Waals surface area contributed by atoms with Gasteiger partial charge in [0.05, 0.1) is 17.9 Å². The van der Waals surface area contributed by atoms with E-state index in [0.717, 1.165) is 18.5 Å². The molecule has 0 saturated carbocycles. The molecule has 2 aliphatic heterocycles.